The predicted octanol–water partition coefficient (Wildman–Crippen LogP) is 4.85. The Morgan fingerprint density at radius 3 is 1.88 bits per heavy atom. The second-order valence-corrected chi connectivity index (χ2v) is 12.6. The highest BCUT2D eigenvalue weighted by molar-refractivity contribution is 7.89. The number of anilines is 1. The molecule has 13 nitrogen and oxygen atoms in total. The van der Waals surface area contributed by atoms with E-state index < -0.39 is 25.9 Å². The molecule has 0 spiro atoms. The largest absolute Gasteiger partial charge is 0.506 e. The smallest absolute Gasteiger partial charge is 0.270 e. The van der Waals surface area contributed by atoms with Gasteiger partial charge in [-0.1, -0.05) is 52.4 Å². The summed E-state index contributed by atoms with van der Waals surface area (Å²) >= 11 is 0. The van der Waals surface area contributed by atoms with Crippen molar-refractivity contribution in [1.29, 1.82) is 5.26 Å². The van der Waals surface area contributed by atoms with Gasteiger partial charge in [0.25, 0.3) is 5.84 Å². The third-order valence-electron chi connectivity index (χ3n) is 5.82. The summed E-state index contributed by atoms with van der Waals surface area (Å²) < 4.78 is 55.4. The summed E-state index contributed by atoms with van der Waals surface area (Å²) in [4.78, 5) is -0.263. The van der Waals surface area contributed by atoms with E-state index in [2.05, 4.69) is 44.0 Å². The Morgan fingerprint density at radius 2 is 1.34 bits per heavy atom. The number of azo groups is 1. The zero-order chi connectivity index (χ0) is 30.3. The molecule has 5 N–H and O–H groups in total. The van der Waals surface area contributed by atoms with E-state index in [1.165, 1.54) is 18.2 Å². The van der Waals surface area contributed by atoms with Crippen molar-refractivity contribution < 1.29 is 27.0 Å². The molecule has 0 aliphatic carbocycles. The highest BCUT2D eigenvalue weighted by Crippen LogP contribution is 2.30. The van der Waals surface area contributed by atoms with Crippen molar-refractivity contribution >= 4 is 37.3 Å². The van der Waals surface area contributed by atoms with E-state index in [0.717, 1.165) is 56.7 Å². The predicted molar refractivity (Wildman–Crippen MR) is 156 cm³/mol. The average Bonchev–Trinajstić information content (AvgIpc) is 2.94. The van der Waals surface area contributed by atoms with Crippen LogP contribution in [-0.4, -0.2) is 46.0 Å². The van der Waals surface area contributed by atoms with Gasteiger partial charge in [0.2, 0.25) is 20.0 Å². The molecule has 15 heteroatoms. The first kappa shape index (κ1) is 33.6. The second-order valence-electron chi connectivity index (χ2n) is 9.11. The lowest BCUT2D eigenvalue weighted by Gasteiger charge is -2.09. The molecule has 0 radical (unpaired) electrons. The number of hydrogen-bond acceptors (Lipinski definition) is 10. The lowest BCUT2D eigenvalue weighted by atomic mass is 10.2. The van der Waals surface area contributed by atoms with Gasteiger partial charge in [0, 0.05) is 13.1 Å². The maximum atomic E-state index is 12.6. The minimum absolute atomic E-state index is 0.109. The number of aromatic hydroxyl groups is 2. The Labute approximate surface area is 241 Å². The van der Waals surface area contributed by atoms with Crippen LogP contribution in [0, 0.1) is 11.3 Å². The Hall–Kier alpha value is -3.58. The molecule has 41 heavy (non-hydrogen) atoms. The van der Waals surface area contributed by atoms with E-state index in [-0.39, 0.29) is 45.8 Å². The number of hydrazone groups is 1. The summed E-state index contributed by atoms with van der Waals surface area (Å²) in [6.45, 7) is 4.65. The van der Waals surface area contributed by atoms with E-state index in [1.807, 2.05) is 0 Å². The summed E-state index contributed by atoms with van der Waals surface area (Å²) in [6, 6.07) is 8.67. The number of unbranched alkanes of at least 4 members (excludes halogenated alkanes) is 6. The summed E-state index contributed by atoms with van der Waals surface area (Å²) in [5.41, 5.74) is 2.06. The van der Waals surface area contributed by atoms with Gasteiger partial charge < -0.3 is 10.2 Å². The average molecular weight is 608 g/mol. The highest BCUT2D eigenvalue weighted by atomic mass is 32.2. The molecule has 0 bridgehead atoms. The van der Waals surface area contributed by atoms with Gasteiger partial charge in [-0.3, -0.25) is 5.43 Å². The Bertz CT molecular complexity index is 1470. The van der Waals surface area contributed by atoms with Gasteiger partial charge in [0.05, 0.1) is 15.5 Å². The molecule has 0 atom stereocenters. The Morgan fingerprint density at radius 1 is 0.805 bits per heavy atom. The third-order valence-corrected chi connectivity index (χ3v) is 8.73. The van der Waals surface area contributed by atoms with Gasteiger partial charge in [0.1, 0.15) is 23.3 Å². The molecular weight excluding hydrogens is 570 g/mol. The van der Waals surface area contributed by atoms with Crippen molar-refractivity contribution in [3.05, 3.63) is 36.4 Å². The maximum absolute atomic E-state index is 12.6. The number of benzene rings is 2. The zero-order valence-corrected chi connectivity index (χ0v) is 24.8. The Balaban J connectivity index is 2.15. The van der Waals surface area contributed by atoms with Crippen LogP contribution in [0.4, 0.5) is 11.4 Å². The van der Waals surface area contributed by atoms with Crippen molar-refractivity contribution in [2.75, 3.05) is 18.5 Å². The topological polar surface area (TPSA) is 206 Å². The SMILES string of the molecule is CCCCCCNS(=O)(=O)c1ccc(O)c(N=N/C(C#N)=N/Nc2cc(S(=O)(=O)NCCCCCC)ccc2O)c1. The fourth-order valence-electron chi connectivity index (χ4n) is 3.49. The number of phenolic OH excluding ortho intramolecular Hbond substituents is 2. The van der Waals surface area contributed by atoms with Crippen molar-refractivity contribution in [3.63, 3.8) is 0 Å². The summed E-state index contributed by atoms with van der Waals surface area (Å²) in [6.07, 6.45) is 7.23. The van der Waals surface area contributed by atoms with Crippen LogP contribution >= 0.6 is 0 Å². The maximum Gasteiger partial charge on any atom is 0.270 e. The molecule has 2 aromatic rings. The number of sulfonamides is 2. The molecule has 2 rings (SSSR count). The minimum atomic E-state index is -3.86. The molecule has 0 fully saturated rings. The van der Waals surface area contributed by atoms with Crippen LogP contribution in [0.1, 0.15) is 65.2 Å². The van der Waals surface area contributed by atoms with E-state index in [9.17, 15) is 32.3 Å². The third kappa shape index (κ3) is 11.1. The number of nitrogens with one attached hydrogen (secondary N) is 3. The molecule has 0 aliphatic heterocycles. The fourth-order valence-corrected chi connectivity index (χ4v) is 5.68. The molecule has 0 unspecified atom stereocenters. The minimum Gasteiger partial charge on any atom is -0.506 e. The molecule has 0 saturated carbocycles. The number of amidine groups is 1. The molecule has 0 aliphatic rings. The van der Waals surface area contributed by atoms with Crippen molar-refractivity contribution in [1.82, 2.24) is 9.44 Å². The van der Waals surface area contributed by atoms with Gasteiger partial charge in [-0.25, -0.2) is 26.3 Å². The fraction of sp³-hybridized carbons (Fsp3) is 0.462. The van der Waals surface area contributed by atoms with Crippen LogP contribution in [0.25, 0.3) is 0 Å². The number of hydrogen-bond donors (Lipinski definition) is 5. The Kier molecular flexibility index (Phi) is 13.6. The van der Waals surface area contributed by atoms with Crippen molar-refractivity contribution in [3.8, 4) is 17.6 Å². The number of nitrogens with zero attached hydrogens (tertiary/aromatic N) is 4. The van der Waals surface area contributed by atoms with Gasteiger partial charge >= 0.3 is 0 Å². The molecule has 2 aromatic carbocycles. The number of rotatable bonds is 17. The summed E-state index contributed by atoms with van der Waals surface area (Å²) in [5, 5.41) is 40.7. The molecule has 224 valence electrons. The standard InChI is InChI=1S/C26H37N7O6S2/c1-3-5-7-9-15-28-40(36,37)20-11-13-24(34)22(17-20)30-32-26(19-27)33-31-23-18-21(12-14-25(23)35)41(38,39)29-16-10-8-6-4-2/h11-14,17-18,28-30,34-35H,3-10,15-16H2,1-2H3/b32-26+,33-31?. The first-order chi connectivity index (χ1) is 19.5. The van der Waals surface area contributed by atoms with Crippen molar-refractivity contribution in [2.24, 2.45) is 15.3 Å². The monoisotopic (exact) mass is 607 g/mol. The van der Waals surface area contributed by atoms with Gasteiger partial charge in [0.15, 0.2) is 0 Å². The van der Waals surface area contributed by atoms with Crippen LogP contribution in [0.5, 0.6) is 11.5 Å². The molecular formula is C26H37N7O6S2. The lowest BCUT2D eigenvalue weighted by Crippen LogP contribution is -2.24. The van der Waals surface area contributed by atoms with Crippen LogP contribution in [0.2, 0.25) is 0 Å². The van der Waals surface area contributed by atoms with Crippen LogP contribution in [0.3, 0.4) is 0 Å². The van der Waals surface area contributed by atoms with Crippen LogP contribution < -0.4 is 14.9 Å². The zero-order valence-electron chi connectivity index (χ0n) is 23.2. The first-order valence-corrected chi connectivity index (χ1v) is 16.3. The van der Waals surface area contributed by atoms with E-state index >= 15 is 0 Å². The summed E-state index contributed by atoms with van der Waals surface area (Å²) in [5.74, 6) is -1.25. The van der Waals surface area contributed by atoms with Crippen molar-refractivity contribution in [2.45, 2.75) is 75.0 Å². The van der Waals surface area contributed by atoms with E-state index in [1.54, 1.807) is 6.07 Å². The van der Waals surface area contributed by atoms with Gasteiger partial charge in [-0.2, -0.15) is 5.26 Å². The molecule has 0 aromatic heterocycles. The van der Waals surface area contributed by atoms with E-state index in [0.29, 0.717) is 12.8 Å². The number of phenols is 2. The normalized spacial score (nSPS) is 12.5. The molecule has 0 saturated heterocycles. The summed E-state index contributed by atoms with van der Waals surface area (Å²) in [7, 11) is -7.71. The lowest BCUT2D eigenvalue weighted by molar-refractivity contribution is 0.475. The van der Waals surface area contributed by atoms with Crippen LogP contribution in [-0.2, 0) is 20.0 Å². The number of nitriles is 1. The highest BCUT2D eigenvalue weighted by Gasteiger charge is 2.17. The first-order valence-electron chi connectivity index (χ1n) is 13.3. The van der Waals surface area contributed by atoms with Gasteiger partial charge in [-0.15, -0.1) is 15.3 Å². The van der Waals surface area contributed by atoms with E-state index in [4.69, 9.17) is 0 Å². The second kappa shape index (κ2) is 16.6. The van der Waals surface area contributed by atoms with Gasteiger partial charge in [-0.05, 0) is 49.2 Å². The molecule has 0 amide bonds. The van der Waals surface area contributed by atoms with Crippen LogP contribution in [0.15, 0.2) is 61.5 Å². The quantitative estimate of drug-likeness (QED) is 0.0418. The molecule has 0 heterocycles.